The SMILES string of the molecule is COc1ccccc1C=NNc1nc(C(F)(F)F)c(-c2ccccc2)s1. The van der Waals surface area contributed by atoms with E-state index in [4.69, 9.17) is 4.74 Å². The van der Waals surface area contributed by atoms with Gasteiger partial charge in [-0.3, -0.25) is 5.43 Å². The minimum Gasteiger partial charge on any atom is -0.496 e. The van der Waals surface area contributed by atoms with Gasteiger partial charge in [0.05, 0.1) is 18.2 Å². The highest BCUT2D eigenvalue weighted by molar-refractivity contribution is 7.19. The lowest BCUT2D eigenvalue weighted by molar-refractivity contribution is -0.140. The van der Waals surface area contributed by atoms with Gasteiger partial charge >= 0.3 is 6.18 Å². The Labute approximate surface area is 152 Å². The summed E-state index contributed by atoms with van der Waals surface area (Å²) in [6.45, 7) is 0. The van der Waals surface area contributed by atoms with E-state index in [-0.39, 0.29) is 10.0 Å². The predicted molar refractivity (Wildman–Crippen MR) is 96.8 cm³/mol. The summed E-state index contributed by atoms with van der Waals surface area (Å²) in [5.74, 6) is 0.609. The average molecular weight is 377 g/mol. The Morgan fingerprint density at radius 3 is 2.46 bits per heavy atom. The predicted octanol–water partition coefficient (Wildman–Crippen LogP) is 5.28. The summed E-state index contributed by atoms with van der Waals surface area (Å²) in [6, 6.07) is 15.5. The third kappa shape index (κ3) is 4.02. The maximum atomic E-state index is 13.3. The highest BCUT2D eigenvalue weighted by Crippen LogP contribution is 2.41. The van der Waals surface area contributed by atoms with Crippen LogP contribution in [0.25, 0.3) is 10.4 Å². The van der Waals surface area contributed by atoms with E-state index >= 15 is 0 Å². The van der Waals surface area contributed by atoms with Crippen molar-refractivity contribution in [3.05, 3.63) is 65.9 Å². The van der Waals surface area contributed by atoms with Crippen molar-refractivity contribution < 1.29 is 17.9 Å². The standard InChI is InChI=1S/C18H14F3N3OS/c1-25-14-10-6-5-9-13(14)11-22-24-17-23-16(18(19,20)21)15(26-17)12-7-3-2-4-8-12/h2-11H,1H3,(H,23,24). The zero-order valence-electron chi connectivity index (χ0n) is 13.6. The third-order valence-corrected chi connectivity index (χ3v) is 4.44. The van der Waals surface area contributed by atoms with Crippen molar-refractivity contribution in [1.29, 1.82) is 0 Å². The molecular weight excluding hydrogens is 363 g/mol. The fraction of sp³-hybridized carbons (Fsp3) is 0.111. The number of methoxy groups -OCH3 is 1. The van der Waals surface area contributed by atoms with Crippen LogP contribution in [-0.4, -0.2) is 18.3 Å². The van der Waals surface area contributed by atoms with Gasteiger partial charge in [0, 0.05) is 5.56 Å². The van der Waals surface area contributed by atoms with E-state index in [1.807, 2.05) is 12.1 Å². The Morgan fingerprint density at radius 1 is 1.08 bits per heavy atom. The smallest absolute Gasteiger partial charge is 0.434 e. The van der Waals surface area contributed by atoms with Gasteiger partial charge in [-0.1, -0.05) is 53.8 Å². The molecule has 0 saturated heterocycles. The number of hydrogen-bond donors (Lipinski definition) is 1. The normalized spacial score (nSPS) is 11.7. The largest absolute Gasteiger partial charge is 0.496 e. The summed E-state index contributed by atoms with van der Waals surface area (Å²) in [7, 11) is 1.53. The molecular formula is C18H14F3N3OS. The Morgan fingerprint density at radius 2 is 1.77 bits per heavy atom. The monoisotopic (exact) mass is 377 g/mol. The van der Waals surface area contributed by atoms with Gasteiger partial charge in [-0.15, -0.1) is 0 Å². The van der Waals surface area contributed by atoms with Crippen LogP contribution >= 0.6 is 11.3 Å². The number of nitrogens with zero attached hydrogens (tertiary/aromatic N) is 2. The summed E-state index contributed by atoms with van der Waals surface area (Å²) in [4.78, 5) is 3.72. The molecule has 0 spiro atoms. The molecule has 0 saturated carbocycles. The van der Waals surface area contributed by atoms with Crippen LogP contribution in [0.15, 0.2) is 59.7 Å². The number of hydrazone groups is 1. The van der Waals surface area contributed by atoms with Crippen molar-refractivity contribution in [2.45, 2.75) is 6.18 Å². The second kappa shape index (κ2) is 7.57. The number of nitrogens with one attached hydrogen (secondary N) is 1. The van der Waals surface area contributed by atoms with Crippen LogP contribution in [0.2, 0.25) is 0 Å². The van der Waals surface area contributed by atoms with Crippen molar-refractivity contribution in [3.63, 3.8) is 0 Å². The van der Waals surface area contributed by atoms with Gasteiger partial charge in [0.15, 0.2) is 5.69 Å². The van der Waals surface area contributed by atoms with Crippen LogP contribution in [0.5, 0.6) is 5.75 Å². The molecule has 0 amide bonds. The molecule has 0 unspecified atom stereocenters. The Bertz CT molecular complexity index is 908. The molecule has 2 aromatic carbocycles. The maximum Gasteiger partial charge on any atom is 0.434 e. The lowest BCUT2D eigenvalue weighted by Crippen LogP contribution is -2.07. The van der Waals surface area contributed by atoms with E-state index in [0.717, 1.165) is 11.3 Å². The zero-order valence-corrected chi connectivity index (χ0v) is 14.4. The van der Waals surface area contributed by atoms with Gasteiger partial charge in [-0.05, 0) is 17.7 Å². The molecule has 8 heteroatoms. The van der Waals surface area contributed by atoms with Gasteiger partial charge in [0.2, 0.25) is 5.13 Å². The number of benzene rings is 2. The number of para-hydroxylation sites is 1. The Hall–Kier alpha value is -2.87. The van der Waals surface area contributed by atoms with E-state index in [0.29, 0.717) is 16.9 Å². The number of halogens is 3. The van der Waals surface area contributed by atoms with Crippen molar-refractivity contribution in [3.8, 4) is 16.2 Å². The first-order valence-electron chi connectivity index (χ1n) is 7.54. The number of alkyl halides is 3. The van der Waals surface area contributed by atoms with Crippen LogP contribution in [0.1, 0.15) is 11.3 Å². The fourth-order valence-corrected chi connectivity index (χ4v) is 3.22. The molecule has 0 fully saturated rings. The minimum absolute atomic E-state index is 0.0492. The van der Waals surface area contributed by atoms with Crippen molar-refractivity contribution in [1.82, 2.24) is 4.98 Å². The molecule has 3 aromatic rings. The topological polar surface area (TPSA) is 46.5 Å². The number of aromatic nitrogens is 1. The number of hydrogen-bond acceptors (Lipinski definition) is 5. The molecule has 0 bridgehead atoms. The van der Waals surface area contributed by atoms with Crippen LogP contribution in [-0.2, 0) is 6.18 Å². The first-order valence-corrected chi connectivity index (χ1v) is 8.36. The van der Waals surface area contributed by atoms with E-state index in [1.54, 1.807) is 42.5 Å². The molecule has 0 aliphatic carbocycles. The Kier molecular flexibility index (Phi) is 5.22. The van der Waals surface area contributed by atoms with Crippen molar-refractivity contribution >= 4 is 22.7 Å². The van der Waals surface area contributed by atoms with Gasteiger partial charge in [-0.2, -0.15) is 18.3 Å². The van der Waals surface area contributed by atoms with Crippen LogP contribution in [0, 0.1) is 0 Å². The first kappa shape index (κ1) is 17.9. The van der Waals surface area contributed by atoms with E-state index < -0.39 is 11.9 Å². The highest BCUT2D eigenvalue weighted by Gasteiger charge is 2.37. The molecule has 134 valence electrons. The highest BCUT2D eigenvalue weighted by atomic mass is 32.1. The average Bonchev–Trinajstić information content (AvgIpc) is 3.08. The second-order valence-corrected chi connectivity index (χ2v) is 6.17. The Balaban J connectivity index is 1.87. The molecule has 3 rings (SSSR count). The molecule has 1 heterocycles. The number of ether oxygens (including phenoxy) is 1. The van der Waals surface area contributed by atoms with Crippen LogP contribution in [0.3, 0.4) is 0 Å². The van der Waals surface area contributed by atoms with Gasteiger partial charge < -0.3 is 4.74 Å². The lowest BCUT2D eigenvalue weighted by atomic mass is 10.1. The van der Waals surface area contributed by atoms with Gasteiger partial charge in [0.1, 0.15) is 5.75 Å². The molecule has 0 atom stereocenters. The van der Waals surface area contributed by atoms with Gasteiger partial charge in [-0.25, -0.2) is 4.98 Å². The third-order valence-electron chi connectivity index (χ3n) is 3.43. The molecule has 0 aliphatic heterocycles. The zero-order chi connectivity index (χ0) is 18.6. The molecule has 0 radical (unpaired) electrons. The first-order chi connectivity index (χ1) is 12.5. The minimum atomic E-state index is -4.55. The number of thiazole rings is 1. The quantitative estimate of drug-likeness (QED) is 0.486. The maximum absolute atomic E-state index is 13.3. The molecule has 4 nitrogen and oxygen atoms in total. The molecule has 1 N–H and O–H groups in total. The summed E-state index contributed by atoms with van der Waals surface area (Å²) < 4.78 is 45.1. The summed E-state index contributed by atoms with van der Waals surface area (Å²) >= 11 is 0.897. The molecule has 1 aromatic heterocycles. The summed E-state index contributed by atoms with van der Waals surface area (Å²) in [5, 5.41) is 4.03. The van der Waals surface area contributed by atoms with E-state index in [9.17, 15) is 13.2 Å². The van der Waals surface area contributed by atoms with E-state index in [2.05, 4.69) is 15.5 Å². The fourth-order valence-electron chi connectivity index (χ4n) is 2.28. The van der Waals surface area contributed by atoms with Crippen molar-refractivity contribution in [2.24, 2.45) is 5.10 Å². The molecule has 26 heavy (non-hydrogen) atoms. The lowest BCUT2D eigenvalue weighted by Gasteiger charge is -2.05. The van der Waals surface area contributed by atoms with Crippen LogP contribution < -0.4 is 10.2 Å². The number of rotatable bonds is 5. The van der Waals surface area contributed by atoms with Crippen molar-refractivity contribution in [2.75, 3.05) is 12.5 Å². The number of anilines is 1. The molecule has 0 aliphatic rings. The summed E-state index contributed by atoms with van der Waals surface area (Å²) in [5.41, 5.74) is 2.79. The van der Waals surface area contributed by atoms with Gasteiger partial charge in [0.25, 0.3) is 0 Å². The summed E-state index contributed by atoms with van der Waals surface area (Å²) in [6.07, 6.45) is -3.08. The second-order valence-electron chi connectivity index (χ2n) is 5.17. The van der Waals surface area contributed by atoms with Crippen LogP contribution in [0.4, 0.5) is 18.3 Å². The van der Waals surface area contributed by atoms with E-state index in [1.165, 1.54) is 13.3 Å².